The van der Waals surface area contributed by atoms with Crippen LogP contribution in [-0.2, 0) is 4.79 Å². The summed E-state index contributed by atoms with van der Waals surface area (Å²) < 4.78 is 0. The Balaban J connectivity index is 1.36. The molecule has 122 valence electrons. The zero-order valence-corrected chi connectivity index (χ0v) is 14.2. The Labute approximate surface area is 143 Å². The fourth-order valence-electron chi connectivity index (χ4n) is 5.62. The van der Waals surface area contributed by atoms with Gasteiger partial charge in [-0.3, -0.25) is 4.79 Å². The number of carbonyl (C=O) groups is 1. The predicted octanol–water partition coefficient (Wildman–Crippen LogP) is 4.69. The Hall–Kier alpha value is -1.28. The van der Waals surface area contributed by atoms with E-state index in [9.17, 15) is 4.79 Å². The molecule has 4 bridgehead atoms. The average Bonchev–Trinajstić information content (AvgIpc) is 2.51. The number of benzene rings is 1. The van der Waals surface area contributed by atoms with Gasteiger partial charge in [-0.2, -0.15) is 0 Å². The first-order valence-corrected chi connectivity index (χ1v) is 9.20. The SMILES string of the molecule is O=C(/C=C/c1ccccc1Cl)NCC12CC3CC(CC(C3)C1)C2. The van der Waals surface area contributed by atoms with Crippen LogP contribution in [0.2, 0.25) is 5.02 Å². The summed E-state index contributed by atoms with van der Waals surface area (Å²) >= 11 is 6.11. The maximum atomic E-state index is 12.2. The fraction of sp³-hybridized carbons (Fsp3) is 0.550. The average molecular weight is 330 g/mol. The largest absolute Gasteiger partial charge is 0.352 e. The van der Waals surface area contributed by atoms with Crippen molar-refractivity contribution in [3.63, 3.8) is 0 Å². The van der Waals surface area contributed by atoms with Crippen molar-refractivity contribution in [3.05, 3.63) is 40.9 Å². The minimum absolute atomic E-state index is 0.000616. The van der Waals surface area contributed by atoms with Gasteiger partial charge >= 0.3 is 0 Å². The number of rotatable bonds is 4. The Morgan fingerprint density at radius 3 is 2.35 bits per heavy atom. The number of hydrogen-bond donors (Lipinski definition) is 1. The van der Waals surface area contributed by atoms with Crippen molar-refractivity contribution in [1.29, 1.82) is 0 Å². The second-order valence-corrected chi connectivity index (χ2v) is 8.40. The van der Waals surface area contributed by atoms with E-state index in [0.29, 0.717) is 10.4 Å². The molecule has 0 saturated heterocycles. The summed E-state index contributed by atoms with van der Waals surface area (Å²) in [6.07, 6.45) is 11.7. The lowest BCUT2D eigenvalue weighted by atomic mass is 9.49. The molecule has 0 atom stereocenters. The lowest BCUT2D eigenvalue weighted by molar-refractivity contribution is -0.118. The van der Waals surface area contributed by atoms with Crippen LogP contribution in [0.3, 0.4) is 0 Å². The van der Waals surface area contributed by atoms with Crippen LogP contribution < -0.4 is 5.32 Å². The van der Waals surface area contributed by atoms with Crippen LogP contribution in [0.4, 0.5) is 0 Å². The number of amides is 1. The van der Waals surface area contributed by atoms with Gasteiger partial charge in [0.05, 0.1) is 0 Å². The van der Waals surface area contributed by atoms with Crippen molar-refractivity contribution in [3.8, 4) is 0 Å². The molecule has 4 aliphatic rings. The van der Waals surface area contributed by atoms with Gasteiger partial charge in [-0.05, 0) is 79.4 Å². The molecule has 1 N–H and O–H groups in total. The van der Waals surface area contributed by atoms with Crippen LogP contribution >= 0.6 is 11.6 Å². The maximum Gasteiger partial charge on any atom is 0.244 e. The summed E-state index contributed by atoms with van der Waals surface area (Å²) in [5, 5.41) is 3.84. The molecule has 0 heterocycles. The molecule has 4 aliphatic carbocycles. The van der Waals surface area contributed by atoms with E-state index in [-0.39, 0.29) is 5.91 Å². The van der Waals surface area contributed by atoms with Gasteiger partial charge in [-0.25, -0.2) is 0 Å². The summed E-state index contributed by atoms with van der Waals surface area (Å²) in [4.78, 5) is 12.2. The second kappa shape index (κ2) is 5.98. The molecule has 1 aromatic carbocycles. The summed E-state index contributed by atoms with van der Waals surface area (Å²) in [5.74, 6) is 2.78. The topological polar surface area (TPSA) is 29.1 Å². The molecule has 5 rings (SSSR count). The van der Waals surface area contributed by atoms with E-state index in [4.69, 9.17) is 11.6 Å². The number of hydrogen-bond acceptors (Lipinski definition) is 1. The van der Waals surface area contributed by atoms with Crippen molar-refractivity contribution >= 4 is 23.6 Å². The molecule has 3 heteroatoms. The zero-order chi connectivity index (χ0) is 15.9. The number of carbonyl (C=O) groups excluding carboxylic acids is 1. The molecule has 4 saturated carbocycles. The smallest absolute Gasteiger partial charge is 0.244 e. The third kappa shape index (κ3) is 3.19. The molecule has 2 nitrogen and oxygen atoms in total. The van der Waals surface area contributed by atoms with Crippen LogP contribution in [0.1, 0.15) is 44.1 Å². The van der Waals surface area contributed by atoms with Gasteiger partial charge in [0.15, 0.2) is 0 Å². The first-order chi connectivity index (χ1) is 11.1. The maximum absolute atomic E-state index is 12.2. The van der Waals surface area contributed by atoms with Gasteiger partial charge in [0.1, 0.15) is 0 Å². The highest BCUT2D eigenvalue weighted by Crippen LogP contribution is 2.59. The highest BCUT2D eigenvalue weighted by molar-refractivity contribution is 6.32. The van der Waals surface area contributed by atoms with Crippen LogP contribution in [0.15, 0.2) is 30.3 Å². The molecule has 23 heavy (non-hydrogen) atoms. The van der Waals surface area contributed by atoms with Crippen molar-refractivity contribution in [2.45, 2.75) is 38.5 Å². The van der Waals surface area contributed by atoms with Crippen molar-refractivity contribution < 1.29 is 4.79 Å². The lowest BCUT2D eigenvalue weighted by Gasteiger charge is -2.56. The van der Waals surface area contributed by atoms with Gasteiger partial charge in [-0.15, -0.1) is 0 Å². The quantitative estimate of drug-likeness (QED) is 0.798. The molecule has 0 aliphatic heterocycles. The standard InChI is InChI=1S/C20H24ClNO/c21-18-4-2-1-3-17(18)5-6-19(23)22-13-20-10-14-7-15(11-20)9-16(8-14)12-20/h1-6,14-16H,7-13H2,(H,22,23)/b6-5+. The summed E-state index contributed by atoms with van der Waals surface area (Å²) in [7, 11) is 0. The summed E-state index contributed by atoms with van der Waals surface area (Å²) in [6.45, 7) is 0.849. The molecule has 0 radical (unpaired) electrons. The van der Waals surface area contributed by atoms with Gasteiger partial charge in [0.25, 0.3) is 0 Å². The lowest BCUT2D eigenvalue weighted by Crippen LogP contribution is -2.51. The normalized spacial score (nSPS) is 34.9. The van der Waals surface area contributed by atoms with Gasteiger partial charge < -0.3 is 5.32 Å². The van der Waals surface area contributed by atoms with E-state index in [1.165, 1.54) is 38.5 Å². The van der Waals surface area contributed by atoms with Gasteiger partial charge in [0.2, 0.25) is 5.91 Å². The summed E-state index contributed by atoms with van der Waals surface area (Å²) in [6, 6.07) is 7.59. The third-order valence-electron chi connectivity index (χ3n) is 6.12. The monoisotopic (exact) mass is 329 g/mol. The van der Waals surface area contributed by atoms with Crippen molar-refractivity contribution in [1.82, 2.24) is 5.32 Å². The Bertz CT molecular complexity index is 601. The van der Waals surface area contributed by atoms with E-state index >= 15 is 0 Å². The number of halogens is 1. The highest BCUT2D eigenvalue weighted by Gasteiger charge is 2.50. The van der Waals surface area contributed by atoms with Gasteiger partial charge in [0, 0.05) is 17.6 Å². The predicted molar refractivity (Wildman–Crippen MR) is 94.1 cm³/mol. The molecular weight excluding hydrogens is 306 g/mol. The van der Waals surface area contributed by atoms with E-state index in [1.807, 2.05) is 24.3 Å². The van der Waals surface area contributed by atoms with Crippen LogP contribution in [0, 0.1) is 23.2 Å². The molecule has 4 fully saturated rings. The molecule has 1 aromatic rings. The van der Waals surface area contributed by atoms with E-state index in [0.717, 1.165) is 29.9 Å². The van der Waals surface area contributed by atoms with E-state index < -0.39 is 0 Å². The first kappa shape index (κ1) is 15.3. The van der Waals surface area contributed by atoms with Crippen LogP contribution in [0.5, 0.6) is 0 Å². The van der Waals surface area contributed by atoms with Crippen LogP contribution in [-0.4, -0.2) is 12.5 Å². The highest BCUT2D eigenvalue weighted by atomic mass is 35.5. The number of nitrogens with one attached hydrogen (secondary N) is 1. The Morgan fingerprint density at radius 2 is 1.74 bits per heavy atom. The molecule has 1 amide bonds. The molecule has 0 aromatic heterocycles. The molecular formula is C20H24ClNO. The van der Waals surface area contributed by atoms with Crippen LogP contribution in [0.25, 0.3) is 6.08 Å². The van der Waals surface area contributed by atoms with E-state index in [1.54, 1.807) is 12.2 Å². The van der Waals surface area contributed by atoms with E-state index in [2.05, 4.69) is 5.32 Å². The first-order valence-electron chi connectivity index (χ1n) is 8.82. The van der Waals surface area contributed by atoms with Crippen molar-refractivity contribution in [2.75, 3.05) is 6.54 Å². The Morgan fingerprint density at radius 1 is 1.13 bits per heavy atom. The van der Waals surface area contributed by atoms with Crippen molar-refractivity contribution in [2.24, 2.45) is 23.2 Å². The minimum atomic E-state index is 0.000616. The zero-order valence-electron chi connectivity index (χ0n) is 13.4. The summed E-state index contributed by atoms with van der Waals surface area (Å²) in [5.41, 5.74) is 1.28. The molecule has 0 spiro atoms. The second-order valence-electron chi connectivity index (χ2n) is 7.99. The fourth-order valence-corrected chi connectivity index (χ4v) is 5.81. The third-order valence-corrected chi connectivity index (χ3v) is 6.47. The minimum Gasteiger partial charge on any atom is -0.352 e. The Kier molecular flexibility index (Phi) is 3.96. The molecule has 0 unspecified atom stereocenters. The van der Waals surface area contributed by atoms with Gasteiger partial charge in [-0.1, -0.05) is 29.8 Å².